The molecule has 1 fully saturated rings. The van der Waals surface area contributed by atoms with Crippen LogP contribution < -0.4 is 5.32 Å². The van der Waals surface area contributed by atoms with Crippen molar-refractivity contribution in [3.05, 3.63) is 33.8 Å². The highest BCUT2D eigenvalue weighted by atomic mass is 79.9. The van der Waals surface area contributed by atoms with E-state index in [1.165, 1.54) is 54.1 Å². The molecule has 106 valence electrons. The van der Waals surface area contributed by atoms with Crippen LogP contribution in [0.1, 0.15) is 56.6 Å². The standard InChI is InChI=1S/C17H26BrN/c1-3-17(15-7-5-4-6-8-15)19-12-14-9-10-16(18)13(2)11-14/h9-11,15,17,19H,3-8,12H2,1-2H3. The highest BCUT2D eigenvalue weighted by Gasteiger charge is 2.21. The van der Waals surface area contributed by atoms with Gasteiger partial charge in [-0.15, -0.1) is 0 Å². The molecule has 1 atom stereocenters. The summed E-state index contributed by atoms with van der Waals surface area (Å²) in [6, 6.07) is 7.36. The lowest BCUT2D eigenvalue weighted by Crippen LogP contribution is -2.36. The van der Waals surface area contributed by atoms with Crippen molar-refractivity contribution in [3.8, 4) is 0 Å². The van der Waals surface area contributed by atoms with Gasteiger partial charge in [-0.3, -0.25) is 0 Å². The molecule has 1 aromatic rings. The van der Waals surface area contributed by atoms with Crippen molar-refractivity contribution in [1.82, 2.24) is 5.32 Å². The van der Waals surface area contributed by atoms with Crippen LogP contribution in [-0.4, -0.2) is 6.04 Å². The lowest BCUT2D eigenvalue weighted by molar-refractivity contribution is 0.261. The summed E-state index contributed by atoms with van der Waals surface area (Å²) in [4.78, 5) is 0. The van der Waals surface area contributed by atoms with Gasteiger partial charge in [0.15, 0.2) is 0 Å². The van der Waals surface area contributed by atoms with Crippen molar-refractivity contribution in [2.45, 2.75) is 65.0 Å². The van der Waals surface area contributed by atoms with Crippen molar-refractivity contribution >= 4 is 15.9 Å². The van der Waals surface area contributed by atoms with E-state index in [9.17, 15) is 0 Å². The van der Waals surface area contributed by atoms with Crippen molar-refractivity contribution < 1.29 is 0 Å². The van der Waals surface area contributed by atoms with Gasteiger partial charge < -0.3 is 5.32 Å². The normalized spacial score (nSPS) is 18.5. The molecule has 1 aliphatic rings. The Kier molecular flexibility index (Phi) is 5.90. The van der Waals surface area contributed by atoms with Crippen LogP contribution in [0.25, 0.3) is 0 Å². The Balaban J connectivity index is 1.89. The Morgan fingerprint density at radius 1 is 1.26 bits per heavy atom. The van der Waals surface area contributed by atoms with E-state index in [1.54, 1.807) is 0 Å². The summed E-state index contributed by atoms with van der Waals surface area (Å²) in [7, 11) is 0. The van der Waals surface area contributed by atoms with E-state index in [0.717, 1.165) is 12.5 Å². The number of hydrogen-bond acceptors (Lipinski definition) is 1. The summed E-state index contributed by atoms with van der Waals surface area (Å²) in [5.41, 5.74) is 2.72. The molecule has 0 aliphatic heterocycles. The fraction of sp³-hybridized carbons (Fsp3) is 0.647. The SMILES string of the molecule is CCC(NCc1ccc(Br)c(C)c1)C1CCCCC1. The summed E-state index contributed by atoms with van der Waals surface area (Å²) in [6.45, 7) is 5.48. The van der Waals surface area contributed by atoms with Gasteiger partial charge in [-0.1, -0.05) is 54.2 Å². The summed E-state index contributed by atoms with van der Waals surface area (Å²) in [6.07, 6.45) is 8.40. The second kappa shape index (κ2) is 7.44. The maximum absolute atomic E-state index is 3.79. The Labute approximate surface area is 126 Å². The number of halogens is 1. The first-order chi connectivity index (χ1) is 9.20. The average Bonchev–Trinajstić information content (AvgIpc) is 2.44. The third-order valence-electron chi connectivity index (χ3n) is 4.45. The topological polar surface area (TPSA) is 12.0 Å². The van der Waals surface area contributed by atoms with E-state index >= 15 is 0 Å². The van der Waals surface area contributed by atoms with Gasteiger partial charge in [0.05, 0.1) is 0 Å². The average molecular weight is 324 g/mol. The maximum Gasteiger partial charge on any atom is 0.0208 e. The number of nitrogens with one attached hydrogen (secondary N) is 1. The fourth-order valence-electron chi connectivity index (χ4n) is 3.25. The molecule has 0 amide bonds. The van der Waals surface area contributed by atoms with Crippen LogP contribution in [0.15, 0.2) is 22.7 Å². The smallest absolute Gasteiger partial charge is 0.0208 e. The molecule has 0 radical (unpaired) electrons. The van der Waals surface area contributed by atoms with Gasteiger partial charge in [0.1, 0.15) is 0 Å². The van der Waals surface area contributed by atoms with Crippen molar-refractivity contribution in [3.63, 3.8) is 0 Å². The highest BCUT2D eigenvalue weighted by Crippen LogP contribution is 2.28. The number of hydrogen-bond donors (Lipinski definition) is 1. The van der Waals surface area contributed by atoms with Gasteiger partial charge in [-0.05, 0) is 49.3 Å². The maximum atomic E-state index is 3.79. The monoisotopic (exact) mass is 323 g/mol. The minimum Gasteiger partial charge on any atom is -0.310 e. The largest absolute Gasteiger partial charge is 0.310 e. The molecule has 1 aliphatic carbocycles. The van der Waals surface area contributed by atoms with E-state index < -0.39 is 0 Å². The quantitative estimate of drug-likeness (QED) is 0.784. The highest BCUT2D eigenvalue weighted by molar-refractivity contribution is 9.10. The van der Waals surface area contributed by atoms with Crippen LogP contribution >= 0.6 is 15.9 Å². The molecule has 2 heteroatoms. The van der Waals surface area contributed by atoms with Gasteiger partial charge >= 0.3 is 0 Å². The molecule has 1 unspecified atom stereocenters. The Bertz CT molecular complexity index is 396. The molecule has 0 spiro atoms. The second-order valence-electron chi connectivity index (χ2n) is 5.88. The Morgan fingerprint density at radius 3 is 2.63 bits per heavy atom. The Morgan fingerprint density at radius 2 is 2.00 bits per heavy atom. The zero-order valence-electron chi connectivity index (χ0n) is 12.2. The van der Waals surface area contributed by atoms with Crippen LogP contribution in [0.4, 0.5) is 0 Å². The minimum atomic E-state index is 0.698. The van der Waals surface area contributed by atoms with Gasteiger partial charge in [0.25, 0.3) is 0 Å². The Hall–Kier alpha value is -0.340. The third kappa shape index (κ3) is 4.32. The predicted molar refractivity (Wildman–Crippen MR) is 86.4 cm³/mol. The van der Waals surface area contributed by atoms with Crippen LogP contribution in [-0.2, 0) is 6.54 Å². The summed E-state index contributed by atoms with van der Waals surface area (Å²) < 4.78 is 1.20. The van der Waals surface area contributed by atoms with Crippen LogP contribution in [0, 0.1) is 12.8 Å². The summed E-state index contributed by atoms with van der Waals surface area (Å²) in [5.74, 6) is 0.898. The van der Waals surface area contributed by atoms with Crippen molar-refractivity contribution in [2.75, 3.05) is 0 Å². The van der Waals surface area contributed by atoms with E-state index in [-0.39, 0.29) is 0 Å². The predicted octanol–water partition coefficient (Wildman–Crippen LogP) is 5.21. The minimum absolute atomic E-state index is 0.698. The van der Waals surface area contributed by atoms with Crippen LogP contribution in [0.3, 0.4) is 0 Å². The number of benzene rings is 1. The van der Waals surface area contributed by atoms with Crippen LogP contribution in [0.2, 0.25) is 0 Å². The third-order valence-corrected chi connectivity index (χ3v) is 5.34. The molecule has 1 N–H and O–H groups in total. The van der Waals surface area contributed by atoms with Gasteiger partial charge in [0, 0.05) is 17.1 Å². The van der Waals surface area contributed by atoms with Gasteiger partial charge in [0.2, 0.25) is 0 Å². The molecule has 1 nitrogen and oxygen atoms in total. The number of aryl methyl sites for hydroxylation is 1. The molecule has 1 aromatic carbocycles. The molecule has 0 heterocycles. The van der Waals surface area contributed by atoms with E-state index in [1.807, 2.05) is 0 Å². The first kappa shape index (κ1) is 15.1. The molecule has 2 rings (SSSR count). The second-order valence-corrected chi connectivity index (χ2v) is 6.73. The summed E-state index contributed by atoms with van der Waals surface area (Å²) in [5, 5.41) is 3.79. The van der Waals surface area contributed by atoms with Gasteiger partial charge in [-0.2, -0.15) is 0 Å². The van der Waals surface area contributed by atoms with Gasteiger partial charge in [-0.25, -0.2) is 0 Å². The van der Waals surface area contributed by atoms with Crippen LogP contribution in [0.5, 0.6) is 0 Å². The zero-order chi connectivity index (χ0) is 13.7. The summed E-state index contributed by atoms with van der Waals surface area (Å²) >= 11 is 3.57. The number of rotatable bonds is 5. The molecule has 0 bridgehead atoms. The van der Waals surface area contributed by atoms with E-state index in [2.05, 4.69) is 53.3 Å². The first-order valence-corrected chi connectivity index (χ1v) is 8.48. The first-order valence-electron chi connectivity index (χ1n) is 7.69. The molecular weight excluding hydrogens is 298 g/mol. The molecule has 19 heavy (non-hydrogen) atoms. The lowest BCUT2D eigenvalue weighted by Gasteiger charge is -2.30. The molecular formula is C17H26BrN. The lowest BCUT2D eigenvalue weighted by atomic mass is 9.83. The molecule has 0 aromatic heterocycles. The molecule has 0 saturated heterocycles. The van der Waals surface area contributed by atoms with Crippen molar-refractivity contribution in [2.24, 2.45) is 5.92 Å². The zero-order valence-corrected chi connectivity index (χ0v) is 13.8. The molecule has 1 saturated carbocycles. The van der Waals surface area contributed by atoms with E-state index in [0.29, 0.717) is 6.04 Å². The fourth-order valence-corrected chi connectivity index (χ4v) is 3.49. The van der Waals surface area contributed by atoms with Crippen molar-refractivity contribution in [1.29, 1.82) is 0 Å². The van der Waals surface area contributed by atoms with E-state index in [4.69, 9.17) is 0 Å².